The molecule has 3 aromatic rings. The number of carbonyl (C=O) groups is 2. The van der Waals surface area contributed by atoms with Gasteiger partial charge in [0.05, 0.1) is 0 Å². The molecule has 1 unspecified atom stereocenters. The second kappa shape index (κ2) is 8.55. The Labute approximate surface area is 185 Å². The van der Waals surface area contributed by atoms with Crippen LogP contribution in [0, 0.1) is 0 Å². The Morgan fingerprint density at radius 2 is 1.84 bits per heavy atom. The molecule has 0 fully saturated rings. The third-order valence-corrected chi connectivity index (χ3v) is 6.00. The van der Waals surface area contributed by atoms with Crippen molar-refractivity contribution in [3.63, 3.8) is 0 Å². The maximum atomic E-state index is 12.6. The van der Waals surface area contributed by atoms with E-state index in [4.69, 9.17) is 4.74 Å². The van der Waals surface area contributed by atoms with E-state index in [2.05, 4.69) is 36.2 Å². The molecule has 160 valence electrons. The fraction of sp³-hybridized carbons (Fsp3) is 0.304. The Morgan fingerprint density at radius 3 is 2.48 bits per heavy atom. The summed E-state index contributed by atoms with van der Waals surface area (Å²) in [5, 5.41) is 7.02. The van der Waals surface area contributed by atoms with Crippen molar-refractivity contribution >= 4 is 29.3 Å². The van der Waals surface area contributed by atoms with Crippen LogP contribution in [0.25, 0.3) is 0 Å². The molecule has 4 rings (SSSR count). The van der Waals surface area contributed by atoms with Crippen molar-refractivity contribution in [3.05, 3.63) is 66.0 Å². The zero-order valence-corrected chi connectivity index (χ0v) is 18.5. The molecule has 0 radical (unpaired) electrons. The number of hydrogen-bond donors (Lipinski definition) is 1. The van der Waals surface area contributed by atoms with E-state index < -0.39 is 5.25 Å². The smallest absolute Gasteiger partial charge is 0.263 e. The van der Waals surface area contributed by atoms with Crippen LogP contribution in [0.5, 0.6) is 5.75 Å². The van der Waals surface area contributed by atoms with Crippen LogP contribution >= 0.6 is 11.8 Å². The van der Waals surface area contributed by atoms with Gasteiger partial charge in [0.25, 0.3) is 5.91 Å². The number of ether oxygens (including phenoxy) is 1. The SMILES string of the molecule is CC(C)(C)c1ccc(OCc2nc3n(n2)C(=O)C(CC(=O)Nc2ccccc2)S3)cc1. The maximum absolute atomic E-state index is 12.6. The van der Waals surface area contributed by atoms with Gasteiger partial charge in [-0.05, 0) is 35.2 Å². The number of fused-ring (bicyclic) bond motifs is 1. The summed E-state index contributed by atoms with van der Waals surface area (Å²) >= 11 is 1.25. The summed E-state index contributed by atoms with van der Waals surface area (Å²) in [6.45, 7) is 6.65. The summed E-state index contributed by atoms with van der Waals surface area (Å²) in [6.07, 6.45) is 0.0649. The monoisotopic (exact) mass is 436 g/mol. The molecule has 0 bridgehead atoms. The van der Waals surface area contributed by atoms with Gasteiger partial charge in [-0.25, -0.2) is 4.98 Å². The van der Waals surface area contributed by atoms with E-state index in [0.29, 0.717) is 16.7 Å². The van der Waals surface area contributed by atoms with Crippen LogP contribution in [0.1, 0.15) is 43.4 Å². The average molecular weight is 437 g/mol. The largest absolute Gasteiger partial charge is 0.486 e. The minimum atomic E-state index is -0.529. The van der Waals surface area contributed by atoms with Crippen molar-refractivity contribution < 1.29 is 14.3 Å². The Hall–Kier alpha value is -3.13. The number of amides is 1. The summed E-state index contributed by atoms with van der Waals surface area (Å²) in [6, 6.07) is 17.1. The molecule has 1 aliphatic heterocycles. The lowest BCUT2D eigenvalue weighted by Gasteiger charge is -2.19. The van der Waals surface area contributed by atoms with E-state index >= 15 is 0 Å². The Kier molecular flexibility index (Phi) is 5.82. The topological polar surface area (TPSA) is 86.1 Å². The number of carbonyl (C=O) groups excluding carboxylic acids is 2. The molecule has 31 heavy (non-hydrogen) atoms. The van der Waals surface area contributed by atoms with Crippen LogP contribution in [0.4, 0.5) is 5.69 Å². The molecule has 1 aliphatic rings. The molecule has 7 nitrogen and oxygen atoms in total. The number of rotatable bonds is 6. The molecule has 0 aliphatic carbocycles. The number of nitrogens with zero attached hydrogens (tertiary/aromatic N) is 3. The number of benzene rings is 2. The number of para-hydroxylation sites is 1. The van der Waals surface area contributed by atoms with E-state index in [0.717, 1.165) is 5.75 Å². The van der Waals surface area contributed by atoms with Gasteiger partial charge < -0.3 is 10.1 Å². The first-order valence-electron chi connectivity index (χ1n) is 10.0. The van der Waals surface area contributed by atoms with Crippen LogP contribution in [0.15, 0.2) is 59.8 Å². The zero-order chi connectivity index (χ0) is 22.0. The molecule has 1 atom stereocenters. The van der Waals surface area contributed by atoms with E-state index in [1.54, 1.807) is 12.1 Å². The standard InChI is InChI=1S/C23H24N4O3S/c1-23(2,3)15-9-11-17(12-10-15)30-14-19-25-22-27(26-19)21(29)18(31-22)13-20(28)24-16-7-5-4-6-8-16/h4-12,18H,13-14H2,1-3H3,(H,24,28). The number of nitrogens with one attached hydrogen (secondary N) is 1. The Bertz CT molecular complexity index is 1090. The number of aromatic nitrogens is 3. The average Bonchev–Trinajstić information content (AvgIpc) is 3.26. The summed E-state index contributed by atoms with van der Waals surface area (Å²) < 4.78 is 7.04. The lowest BCUT2D eigenvalue weighted by Crippen LogP contribution is -2.25. The molecular formula is C23H24N4O3S. The fourth-order valence-corrected chi connectivity index (χ4v) is 4.24. The molecule has 1 N–H and O–H groups in total. The van der Waals surface area contributed by atoms with E-state index in [1.807, 2.05) is 42.5 Å². The zero-order valence-electron chi connectivity index (χ0n) is 17.7. The van der Waals surface area contributed by atoms with Gasteiger partial charge in [-0.15, -0.1) is 5.10 Å². The minimum absolute atomic E-state index is 0.0649. The highest BCUT2D eigenvalue weighted by Crippen LogP contribution is 2.32. The third kappa shape index (κ3) is 4.96. The summed E-state index contributed by atoms with van der Waals surface area (Å²) in [5.74, 6) is 0.696. The van der Waals surface area contributed by atoms with Gasteiger partial charge in [-0.3, -0.25) is 9.59 Å². The van der Waals surface area contributed by atoms with E-state index in [-0.39, 0.29) is 30.3 Å². The second-order valence-electron chi connectivity index (χ2n) is 8.35. The number of thioether (sulfide) groups is 1. The van der Waals surface area contributed by atoms with Crippen LogP contribution in [0.2, 0.25) is 0 Å². The molecule has 0 saturated heterocycles. The molecule has 8 heteroatoms. The normalized spacial score (nSPS) is 15.6. The Balaban J connectivity index is 1.32. The van der Waals surface area contributed by atoms with E-state index in [1.165, 1.54) is 22.0 Å². The van der Waals surface area contributed by atoms with Crippen molar-refractivity contribution in [2.75, 3.05) is 5.32 Å². The van der Waals surface area contributed by atoms with Crippen LogP contribution in [-0.4, -0.2) is 31.8 Å². The highest BCUT2D eigenvalue weighted by Gasteiger charge is 2.36. The predicted molar refractivity (Wildman–Crippen MR) is 119 cm³/mol. The highest BCUT2D eigenvalue weighted by molar-refractivity contribution is 8.00. The molecule has 1 amide bonds. The van der Waals surface area contributed by atoms with Gasteiger partial charge in [0.15, 0.2) is 11.0 Å². The second-order valence-corrected chi connectivity index (χ2v) is 9.52. The predicted octanol–water partition coefficient (Wildman–Crippen LogP) is 4.30. The first-order valence-corrected chi connectivity index (χ1v) is 10.9. The van der Waals surface area contributed by atoms with Crippen LogP contribution < -0.4 is 10.1 Å². The molecule has 2 heterocycles. The van der Waals surface area contributed by atoms with Crippen LogP contribution in [-0.2, 0) is 16.8 Å². The summed E-state index contributed by atoms with van der Waals surface area (Å²) in [4.78, 5) is 29.3. The summed E-state index contributed by atoms with van der Waals surface area (Å²) in [5.41, 5.74) is 2.01. The number of hydrogen-bond acceptors (Lipinski definition) is 6. The van der Waals surface area contributed by atoms with E-state index in [9.17, 15) is 9.59 Å². The van der Waals surface area contributed by atoms with Crippen molar-refractivity contribution in [1.29, 1.82) is 0 Å². The lowest BCUT2D eigenvalue weighted by molar-refractivity contribution is -0.116. The molecule has 2 aromatic carbocycles. The van der Waals surface area contributed by atoms with Crippen LogP contribution in [0.3, 0.4) is 0 Å². The molecular weight excluding hydrogens is 412 g/mol. The Morgan fingerprint density at radius 1 is 1.13 bits per heavy atom. The fourth-order valence-electron chi connectivity index (χ4n) is 3.16. The highest BCUT2D eigenvalue weighted by atomic mass is 32.2. The first-order chi connectivity index (χ1) is 14.8. The maximum Gasteiger partial charge on any atom is 0.263 e. The number of anilines is 1. The molecule has 0 spiro atoms. The summed E-state index contributed by atoms with van der Waals surface area (Å²) in [7, 11) is 0. The van der Waals surface area contributed by atoms with Gasteiger partial charge >= 0.3 is 0 Å². The van der Waals surface area contributed by atoms with Gasteiger partial charge in [0.1, 0.15) is 17.6 Å². The molecule has 1 aromatic heterocycles. The third-order valence-electron chi connectivity index (χ3n) is 4.87. The first kappa shape index (κ1) is 21.1. The van der Waals surface area contributed by atoms with Gasteiger partial charge in [0.2, 0.25) is 5.91 Å². The quantitative estimate of drug-likeness (QED) is 0.620. The van der Waals surface area contributed by atoms with Gasteiger partial charge in [0, 0.05) is 12.1 Å². The van der Waals surface area contributed by atoms with Crippen molar-refractivity contribution in [2.45, 2.75) is 49.6 Å². The van der Waals surface area contributed by atoms with Gasteiger partial charge in [-0.2, -0.15) is 4.68 Å². The van der Waals surface area contributed by atoms with Crippen molar-refractivity contribution in [3.8, 4) is 5.75 Å². The minimum Gasteiger partial charge on any atom is -0.486 e. The van der Waals surface area contributed by atoms with Crippen molar-refractivity contribution in [1.82, 2.24) is 14.8 Å². The molecule has 0 saturated carbocycles. The van der Waals surface area contributed by atoms with Crippen molar-refractivity contribution in [2.24, 2.45) is 0 Å². The lowest BCUT2D eigenvalue weighted by atomic mass is 9.87. The van der Waals surface area contributed by atoms with Gasteiger partial charge in [-0.1, -0.05) is 62.9 Å².